The summed E-state index contributed by atoms with van der Waals surface area (Å²) in [5, 5.41) is 7.81. The van der Waals surface area contributed by atoms with Crippen LogP contribution in [0.5, 0.6) is 0 Å². The molecule has 1 atom stereocenters. The molecule has 128 valence electrons. The molecule has 0 aromatic carbocycles. The van der Waals surface area contributed by atoms with Crippen LogP contribution in [0.25, 0.3) is 0 Å². The monoisotopic (exact) mass is 318 g/mol. The Hall–Kier alpha value is -1.56. The molecule has 1 N–H and O–H groups in total. The summed E-state index contributed by atoms with van der Waals surface area (Å²) in [6.07, 6.45) is 8.03. The molecule has 0 spiro atoms. The van der Waals surface area contributed by atoms with Gasteiger partial charge in [-0.3, -0.25) is 9.67 Å². The number of aryl methyl sites for hydroxylation is 1. The molecule has 2 aliphatic rings. The molecule has 6 nitrogen and oxygen atoms in total. The molecule has 2 fully saturated rings. The van der Waals surface area contributed by atoms with E-state index in [2.05, 4.69) is 38.3 Å². The van der Waals surface area contributed by atoms with Crippen LogP contribution in [0.1, 0.15) is 24.8 Å². The van der Waals surface area contributed by atoms with Crippen molar-refractivity contribution in [2.45, 2.75) is 32.7 Å². The topological polar surface area (TPSA) is 48.7 Å². The molecule has 23 heavy (non-hydrogen) atoms. The number of nitrogens with one attached hydrogen (secondary N) is 1. The average molecular weight is 318 g/mol. The largest absolute Gasteiger partial charge is 0.354 e. The number of hydrogen-bond acceptors (Lipinski definition) is 3. The first-order valence-electron chi connectivity index (χ1n) is 8.91. The third-order valence-corrected chi connectivity index (χ3v) is 4.90. The van der Waals surface area contributed by atoms with Gasteiger partial charge in [0.2, 0.25) is 0 Å². The number of aliphatic imine (C=N–C) groups is 1. The van der Waals surface area contributed by atoms with E-state index in [-0.39, 0.29) is 0 Å². The quantitative estimate of drug-likeness (QED) is 0.654. The number of guanidine groups is 1. The van der Waals surface area contributed by atoms with Crippen LogP contribution in [0.15, 0.2) is 17.4 Å². The van der Waals surface area contributed by atoms with Crippen LogP contribution < -0.4 is 5.32 Å². The Morgan fingerprint density at radius 2 is 2.17 bits per heavy atom. The second-order valence-corrected chi connectivity index (χ2v) is 6.86. The second kappa shape index (κ2) is 7.81. The highest BCUT2D eigenvalue weighted by Crippen LogP contribution is 2.19. The van der Waals surface area contributed by atoms with Gasteiger partial charge < -0.3 is 15.1 Å². The fourth-order valence-electron chi connectivity index (χ4n) is 3.71. The smallest absolute Gasteiger partial charge is 0.193 e. The lowest BCUT2D eigenvalue weighted by atomic mass is 10.1. The van der Waals surface area contributed by atoms with Gasteiger partial charge in [-0.25, -0.2) is 0 Å². The van der Waals surface area contributed by atoms with E-state index in [9.17, 15) is 0 Å². The normalized spacial score (nSPS) is 23.0. The first-order chi connectivity index (χ1) is 11.2. The molecule has 3 rings (SSSR count). The zero-order valence-electron chi connectivity index (χ0n) is 14.5. The van der Waals surface area contributed by atoms with E-state index in [0.717, 1.165) is 38.1 Å². The molecule has 3 heterocycles. The minimum Gasteiger partial charge on any atom is -0.354 e. The summed E-state index contributed by atoms with van der Waals surface area (Å²) in [6, 6.07) is 0. The van der Waals surface area contributed by atoms with Crippen LogP contribution >= 0.6 is 0 Å². The number of rotatable bonds is 5. The maximum Gasteiger partial charge on any atom is 0.193 e. The Morgan fingerprint density at radius 1 is 1.35 bits per heavy atom. The van der Waals surface area contributed by atoms with Gasteiger partial charge >= 0.3 is 0 Å². The first-order valence-corrected chi connectivity index (χ1v) is 8.91. The molecule has 0 bridgehead atoms. The van der Waals surface area contributed by atoms with Gasteiger partial charge in [0.05, 0.1) is 12.7 Å². The van der Waals surface area contributed by atoms with Crippen LogP contribution in [-0.2, 0) is 6.54 Å². The van der Waals surface area contributed by atoms with Gasteiger partial charge in [-0.05, 0) is 50.8 Å². The van der Waals surface area contributed by atoms with Crippen LogP contribution in [0.3, 0.4) is 0 Å². The van der Waals surface area contributed by atoms with Crippen LogP contribution in [-0.4, -0.2) is 71.9 Å². The van der Waals surface area contributed by atoms with Crippen molar-refractivity contribution in [3.05, 3.63) is 18.0 Å². The van der Waals surface area contributed by atoms with Crippen molar-refractivity contribution < 1.29 is 0 Å². The van der Waals surface area contributed by atoms with Crippen molar-refractivity contribution in [3.63, 3.8) is 0 Å². The van der Waals surface area contributed by atoms with E-state index in [4.69, 9.17) is 0 Å². The third-order valence-electron chi connectivity index (χ3n) is 4.90. The molecule has 0 aliphatic carbocycles. The molecule has 6 heteroatoms. The van der Waals surface area contributed by atoms with E-state index in [1.165, 1.54) is 44.5 Å². The van der Waals surface area contributed by atoms with E-state index >= 15 is 0 Å². The Bertz CT molecular complexity index is 517. The maximum absolute atomic E-state index is 4.46. The van der Waals surface area contributed by atoms with Crippen molar-refractivity contribution in [2.24, 2.45) is 10.9 Å². The molecule has 1 aromatic rings. The highest BCUT2D eigenvalue weighted by molar-refractivity contribution is 5.80. The van der Waals surface area contributed by atoms with Gasteiger partial charge in [0, 0.05) is 39.4 Å². The van der Waals surface area contributed by atoms with Crippen molar-refractivity contribution >= 4 is 5.96 Å². The Balaban J connectivity index is 1.41. The molecule has 1 aromatic heterocycles. The van der Waals surface area contributed by atoms with Crippen LogP contribution in [0.4, 0.5) is 0 Å². The Kier molecular flexibility index (Phi) is 5.54. The fraction of sp³-hybridized carbons (Fsp3) is 0.765. The summed E-state index contributed by atoms with van der Waals surface area (Å²) in [5.41, 5.74) is 1.21. The molecule has 1 unspecified atom stereocenters. The Morgan fingerprint density at radius 3 is 2.87 bits per heavy atom. The predicted molar refractivity (Wildman–Crippen MR) is 93.7 cm³/mol. The molecular formula is C17H30N6. The number of nitrogens with zero attached hydrogens (tertiary/aromatic N) is 5. The fourth-order valence-corrected chi connectivity index (χ4v) is 3.71. The zero-order valence-corrected chi connectivity index (χ0v) is 14.5. The lowest BCUT2D eigenvalue weighted by Gasteiger charge is -2.23. The molecule has 2 aliphatic heterocycles. The zero-order chi connectivity index (χ0) is 16.1. The van der Waals surface area contributed by atoms with Crippen molar-refractivity contribution in [2.75, 3.05) is 46.3 Å². The van der Waals surface area contributed by atoms with Crippen molar-refractivity contribution in [3.8, 4) is 0 Å². The summed E-state index contributed by atoms with van der Waals surface area (Å²) in [6.45, 7) is 9.93. The summed E-state index contributed by atoms with van der Waals surface area (Å²) in [4.78, 5) is 9.50. The van der Waals surface area contributed by atoms with E-state index < -0.39 is 0 Å². The van der Waals surface area contributed by atoms with Gasteiger partial charge in [-0.1, -0.05) is 0 Å². The lowest BCUT2D eigenvalue weighted by Crippen LogP contribution is -2.41. The van der Waals surface area contributed by atoms with Crippen LogP contribution in [0, 0.1) is 12.8 Å². The van der Waals surface area contributed by atoms with Gasteiger partial charge in [0.25, 0.3) is 0 Å². The second-order valence-electron chi connectivity index (χ2n) is 6.86. The van der Waals surface area contributed by atoms with Gasteiger partial charge in [0.1, 0.15) is 0 Å². The van der Waals surface area contributed by atoms with Crippen molar-refractivity contribution in [1.29, 1.82) is 0 Å². The highest BCUT2D eigenvalue weighted by Gasteiger charge is 2.27. The SMILES string of the molecule is CN=C(NCCn1cc(C)cn1)N1CCC(CN2CCCC2)C1. The highest BCUT2D eigenvalue weighted by atomic mass is 15.3. The number of hydrogen-bond donors (Lipinski definition) is 1. The maximum atomic E-state index is 4.46. The van der Waals surface area contributed by atoms with Crippen LogP contribution in [0.2, 0.25) is 0 Å². The van der Waals surface area contributed by atoms with E-state index in [0.29, 0.717) is 0 Å². The summed E-state index contributed by atoms with van der Waals surface area (Å²) in [7, 11) is 1.88. The average Bonchev–Trinajstić information content (AvgIpc) is 3.27. The molecular weight excluding hydrogens is 288 g/mol. The molecule has 2 saturated heterocycles. The van der Waals surface area contributed by atoms with Gasteiger partial charge in [-0.15, -0.1) is 0 Å². The number of likely N-dealkylation sites (tertiary alicyclic amines) is 2. The summed E-state index contributed by atoms with van der Waals surface area (Å²) in [5.74, 6) is 1.83. The first kappa shape index (κ1) is 16.3. The minimum absolute atomic E-state index is 0.792. The standard InChI is InChI=1S/C17H30N6/c1-15-11-20-23(12-15)10-6-19-17(18-2)22-9-5-16(14-22)13-21-7-3-4-8-21/h11-12,16H,3-10,13-14H2,1-2H3,(H,18,19). The predicted octanol–water partition coefficient (Wildman–Crippen LogP) is 1.18. The van der Waals surface area contributed by atoms with Gasteiger partial charge in [-0.2, -0.15) is 5.10 Å². The molecule has 0 saturated carbocycles. The van der Waals surface area contributed by atoms with E-state index in [1.807, 2.05) is 17.9 Å². The summed E-state index contributed by atoms with van der Waals surface area (Å²) < 4.78 is 1.98. The molecule has 0 radical (unpaired) electrons. The van der Waals surface area contributed by atoms with Gasteiger partial charge in [0.15, 0.2) is 5.96 Å². The van der Waals surface area contributed by atoms with Crippen molar-refractivity contribution in [1.82, 2.24) is 24.9 Å². The minimum atomic E-state index is 0.792. The van der Waals surface area contributed by atoms with E-state index in [1.54, 1.807) is 0 Å². The number of aromatic nitrogens is 2. The lowest BCUT2D eigenvalue weighted by molar-refractivity contribution is 0.281. The summed E-state index contributed by atoms with van der Waals surface area (Å²) >= 11 is 0. The third kappa shape index (κ3) is 4.47. The molecule has 0 amide bonds. The Labute approximate surface area is 139 Å².